The van der Waals surface area contributed by atoms with Crippen molar-refractivity contribution < 1.29 is 8.42 Å². The molecule has 0 amide bonds. The molecule has 0 bridgehead atoms. The van der Waals surface area contributed by atoms with E-state index in [2.05, 4.69) is 0 Å². The third kappa shape index (κ3) is 3.18. The Hall–Kier alpha value is -1.14. The number of pyridine rings is 1. The summed E-state index contributed by atoms with van der Waals surface area (Å²) in [5.41, 5.74) is 5.11. The van der Waals surface area contributed by atoms with Crippen molar-refractivity contribution in [2.24, 2.45) is 5.73 Å². The van der Waals surface area contributed by atoms with Crippen molar-refractivity contribution >= 4 is 9.84 Å². The topological polar surface area (TPSA) is 82.2 Å². The number of aromatic nitrogens is 1. The smallest absolute Gasteiger partial charge is 0.250 e. The first-order valence-electron chi connectivity index (χ1n) is 5.04. The highest BCUT2D eigenvalue weighted by molar-refractivity contribution is 7.92. The van der Waals surface area contributed by atoms with Gasteiger partial charge in [-0.3, -0.25) is 4.79 Å². The Kier molecular flexibility index (Phi) is 4.26. The molecule has 0 aliphatic rings. The summed E-state index contributed by atoms with van der Waals surface area (Å²) in [6.07, 6.45) is 1.57. The Labute approximate surface area is 94.8 Å². The molecule has 1 aromatic heterocycles. The molecular weight excluding hydrogens is 228 g/mol. The van der Waals surface area contributed by atoms with Crippen molar-refractivity contribution in [1.82, 2.24) is 4.57 Å². The molecule has 0 aromatic carbocycles. The zero-order chi connectivity index (χ0) is 12.2. The molecule has 0 radical (unpaired) electrons. The standard InChI is InChI=1S/C10H16N2O3S/c1-9(8-11)16(14,15)7-6-12-5-3-2-4-10(12)13/h2-5,9H,6-8,11H2,1H3. The predicted molar refractivity (Wildman–Crippen MR) is 63.0 cm³/mol. The lowest BCUT2D eigenvalue weighted by Gasteiger charge is -2.11. The molecule has 0 aliphatic heterocycles. The fourth-order valence-electron chi connectivity index (χ4n) is 1.22. The number of nitrogens with two attached hydrogens (primary N) is 1. The van der Waals surface area contributed by atoms with Gasteiger partial charge in [0.1, 0.15) is 0 Å². The van der Waals surface area contributed by atoms with Gasteiger partial charge in [0.2, 0.25) is 0 Å². The first-order valence-corrected chi connectivity index (χ1v) is 6.76. The fourth-order valence-corrected chi connectivity index (χ4v) is 2.37. The van der Waals surface area contributed by atoms with Gasteiger partial charge < -0.3 is 10.3 Å². The van der Waals surface area contributed by atoms with Gasteiger partial charge in [-0.1, -0.05) is 6.07 Å². The Morgan fingerprint density at radius 1 is 1.44 bits per heavy atom. The molecule has 1 aromatic rings. The van der Waals surface area contributed by atoms with E-state index < -0.39 is 15.1 Å². The van der Waals surface area contributed by atoms with E-state index in [0.29, 0.717) is 0 Å². The molecule has 0 saturated carbocycles. The highest BCUT2D eigenvalue weighted by Gasteiger charge is 2.18. The van der Waals surface area contributed by atoms with Crippen LogP contribution in [0.4, 0.5) is 0 Å². The summed E-state index contributed by atoms with van der Waals surface area (Å²) >= 11 is 0. The van der Waals surface area contributed by atoms with E-state index in [9.17, 15) is 13.2 Å². The van der Waals surface area contributed by atoms with Crippen molar-refractivity contribution in [2.45, 2.75) is 18.7 Å². The van der Waals surface area contributed by atoms with E-state index in [4.69, 9.17) is 5.73 Å². The predicted octanol–water partition coefficient (Wildman–Crippen LogP) is -0.390. The van der Waals surface area contributed by atoms with Crippen molar-refractivity contribution in [3.05, 3.63) is 34.7 Å². The van der Waals surface area contributed by atoms with Crippen LogP contribution in [0.2, 0.25) is 0 Å². The van der Waals surface area contributed by atoms with Gasteiger partial charge in [-0.2, -0.15) is 0 Å². The average molecular weight is 244 g/mol. The number of sulfone groups is 1. The Morgan fingerprint density at radius 3 is 2.69 bits per heavy atom. The maximum Gasteiger partial charge on any atom is 0.250 e. The Morgan fingerprint density at radius 2 is 2.12 bits per heavy atom. The molecule has 6 heteroatoms. The van der Waals surface area contributed by atoms with Gasteiger partial charge in [0, 0.05) is 25.4 Å². The van der Waals surface area contributed by atoms with Crippen LogP contribution >= 0.6 is 0 Å². The Balaban J connectivity index is 2.73. The molecule has 1 rings (SSSR count). The maximum atomic E-state index is 11.7. The van der Waals surface area contributed by atoms with Gasteiger partial charge in [-0.15, -0.1) is 0 Å². The lowest BCUT2D eigenvalue weighted by molar-refractivity contribution is 0.575. The van der Waals surface area contributed by atoms with Crippen LogP contribution in [0.15, 0.2) is 29.2 Å². The van der Waals surface area contributed by atoms with E-state index in [1.54, 1.807) is 25.3 Å². The van der Waals surface area contributed by atoms with Crippen molar-refractivity contribution in [3.8, 4) is 0 Å². The second-order valence-corrected chi connectivity index (χ2v) is 6.18. The minimum atomic E-state index is -3.21. The minimum absolute atomic E-state index is 0.0602. The molecule has 90 valence electrons. The van der Waals surface area contributed by atoms with E-state index in [0.717, 1.165) is 0 Å². The van der Waals surface area contributed by atoms with Gasteiger partial charge in [-0.05, 0) is 13.0 Å². The average Bonchev–Trinajstić information content (AvgIpc) is 2.27. The number of hydrogen-bond donors (Lipinski definition) is 1. The van der Waals surface area contributed by atoms with E-state index in [1.807, 2.05) is 0 Å². The zero-order valence-electron chi connectivity index (χ0n) is 9.17. The summed E-state index contributed by atoms with van der Waals surface area (Å²) in [7, 11) is -3.21. The number of aryl methyl sites for hydroxylation is 1. The summed E-state index contributed by atoms with van der Waals surface area (Å²) in [5, 5.41) is -0.563. The normalized spacial score (nSPS) is 13.6. The number of rotatable bonds is 5. The van der Waals surface area contributed by atoms with Gasteiger partial charge in [0.15, 0.2) is 9.84 Å². The SMILES string of the molecule is CC(CN)S(=O)(=O)CCn1ccccc1=O. The molecule has 1 atom stereocenters. The maximum absolute atomic E-state index is 11.7. The highest BCUT2D eigenvalue weighted by Crippen LogP contribution is 2.00. The van der Waals surface area contributed by atoms with Gasteiger partial charge in [0.05, 0.1) is 11.0 Å². The molecular formula is C10H16N2O3S. The summed E-state index contributed by atoms with van der Waals surface area (Å²) in [4.78, 5) is 11.3. The third-order valence-electron chi connectivity index (χ3n) is 2.46. The van der Waals surface area contributed by atoms with Gasteiger partial charge >= 0.3 is 0 Å². The minimum Gasteiger partial charge on any atom is -0.329 e. The Bertz CT molecular complexity index is 493. The molecule has 2 N–H and O–H groups in total. The quantitative estimate of drug-likeness (QED) is 0.764. The molecule has 0 fully saturated rings. The highest BCUT2D eigenvalue weighted by atomic mass is 32.2. The zero-order valence-corrected chi connectivity index (χ0v) is 9.98. The lowest BCUT2D eigenvalue weighted by atomic mass is 10.5. The molecule has 5 nitrogen and oxygen atoms in total. The lowest BCUT2D eigenvalue weighted by Crippen LogP contribution is -2.31. The van der Waals surface area contributed by atoms with Crippen LogP contribution in [0.25, 0.3) is 0 Å². The van der Waals surface area contributed by atoms with Crippen LogP contribution in [0.3, 0.4) is 0 Å². The first kappa shape index (κ1) is 12.9. The molecule has 16 heavy (non-hydrogen) atoms. The molecule has 1 heterocycles. The summed E-state index contributed by atoms with van der Waals surface area (Å²) in [5.74, 6) is -0.0602. The van der Waals surface area contributed by atoms with Gasteiger partial charge in [-0.25, -0.2) is 8.42 Å². The molecule has 0 spiro atoms. The largest absolute Gasteiger partial charge is 0.329 e. The van der Waals surface area contributed by atoms with Crippen LogP contribution in [-0.2, 0) is 16.4 Å². The van der Waals surface area contributed by atoms with Crippen LogP contribution in [-0.4, -0.2) is 30.5 Å². The summed E-state index contributed by atoms with van der Waals surface area (Å²) in [6.45, 7) is 1.85. The molecule has 1 unspecified atom stereocenters. The van der Waals surface area contributed by atoms with Crippen molar-refractivity contribution in [2.75, 3.05) is 12.3 Å². The second kappa shape index (κ2) is 5.27. The van der Waals surface area contributed by atoms with E-state index in [1.165, 1.54) is 10.6 Å². The second-order valence-electron chi connectivity index (χ2n) is 3.65. The van der Waals surface area contributed by atoms with E-state index in [-0.39, 0.29) is 24.4 Å². The van der Waals surface area contributed by atoms with Crippen LogP contribution in [0.5, 0.6) is 0 Å². The third-order valence-corrected chi connectivity index (χ3v) is 4.63. The summed E-state index contributed by atoms with van der Waals surface area (Å²) in [6, 6.07) is 4.72. The summed E-state index contributed by atoms with van der Waals surface area (Å²) < 4.78 is 24.7. The number of hydrogen-bond acceptors (Lipinski definition) is 4. The van der Waals surface area contributed by atoms with Crippen LogP contribution in [0.1, 0.15) is 6.92 Å². The monoisotopic (exact) mass is 244 g/mol. The van der Waals surface area contributed by atoms with Crippen LogP contribution in [0, 0.1) is 0 Å². The van der Waals surface area contributed by atoms with Gasteiger partial charge in [0.25, 0.3) is 5.56 Å². The van der Waals surface area contributed by atoms with E-state index >= 15 is 0 Å². The number of nitrogens with zero attached hydrogens (tertiary/aromatic N) is 1. The molecule has 0 saturated heterocycles. The van der Waals surface area contributed by atoms with Crippen LogP contribution < -0.4 is 11.3 Å². The van der Waals surface area contributed by atoms with Crippen molar-refractivity contribution in [1.29, 1.82) is 0 Å². The molecule has 0 aliphatic carbocycles. The van der Waals surface area contributed by atoms with Crippen molar-refractivity contribution in [3.63, 3.8) is 0 Å². The fraction of sp³-hybridized carbons (Fsp3) is 0.500. The first-order chi connectivity index (χ1) is 7.47.